The second-order valence-electron chi connectivity index (χ2n) is 4.76. The van der Waals surface area contributed by atoms with Gasteiger partial charge in [-0.05, 0) is 35.7 Å². The highest BCUT2D eigenvalue weighted by Gasteiger charge is 2.34. The van der Waals surface area contributed by atoms with E-state index in [1.165, 1.54) is 12.8 Å². The number of halogens is 1. The van der Waals surface area contributed by atoms with Gasteiger partial charge in [-0.15, -0.1) is 0 Å². The van der Waals surface area contributed by atoms with Crippen LogP contribution in [0.1, 0.15) is 19.8 Å². The molecule has 0 saturated carbocycles. The number of morpholine rings is 1. The molecule has 2 aliphatic rings. The zero-order valence-electron chi connectivity index (χ0n) is 10.4. The number of hydrogen-bond acceptors (Lipinski definition) is 5. The van der Waals surface area contributed by atoms with E-state index < -0.39 is 0 Å². The van der Waals surface area contributed by atoms with Crippen molar-refractivity contribution in [1.29, 1.82) is 0 Å². The Hall–Kier alpha value is -0.880. The lowest BCUT2D eigenvalue weighted by Gasteiger charge is -2.33. The quantitative estimate of drug-likeness (QED) is 0.925. The van der Waals surface area contributed by atoms with Crippen molar-refractivity contribution in [2.24, 2.45) is 0 Å². The minimum atomic E-state index is 0.369. The molecule has 1 aromatic rings. The summed E-state index contributed by atoms with van der Waals surface area (Å²) in [5.74, 6) is 1.66. The molecule has 0 aromatic carbocycles. The van der Waals surface area contributed by atoms with Gasteiger partial charge < -0.3 is 15.0 Å². The summed E-state index contributed by atoms with van der Waals surface area (Å²) in [6, 6.07) is 0. The van der Waals surface area contributed by atoms with E-state index >= 15 is 0 Å². The average molecular weight is 313 g/mol. The van der Waals surface area contributed by atoms with Gasteiger partial charge in [0, 0.05) is 25.8 Å². The molecule has 0 spiro atoms. The molecule has 3 rings (SSSR count). The molecule has 98 valence electrons. The maximum Gasteiger partial charge on any atom is 0.224 e. The van der Waals surface area contributed by atoms with Gasteiger partial charge in [-0.2, -0.15) is 4.98 Å². The number of nitrogens with one attached hydrogen (secondary N) is 1. The molecule has 0 amide bonds. The Kier molecular flexibility index (Phi) is 3.39. The van der Waals surface area contributed by atoms with Gasteiger partial charge in [0.1, 0.15) is 5.82 Å². The molecule has 1 N–H and O–H groups in total. The molecular weight excluding hydrogens is 296 g/mol. The third kappa shape index (κ3) is 2.31. The van der Waals surface area contributed by atoms with Crippen LogP contribution in [0.25, 0.3) is 0 Å². The zero-order chi connectivity index (χ0) is 12.5. The lowest BCUT2D eigenvalue weighted by atomic mass is 10.2. The van der Waals surface area contributed by atoms with Crippen LogP contribution in [0.5, 0.6) is 0 Å². The van der Waals surface area contributed by atoms with Crippen molar-refractivity contribution in [3.8, 4) is 0 Å². The Morgan fingerprint density at radius 2 is 2.17 bits per heavy atom. The Morgan fingerprint density at radius 1 is 1.44 bits per heavy atom. The molecule has 2 fully saturated rings. The van der Waals surface area contributed by atoms with Crippen LogP contribution in [-0.4, -0.2) is 41.8 Å². The fourth-order valence-corrected chi connectivity index (χ4v) is 3.05. The van der Waals surface area contributed by atoms with E-state index in [0.29, 0.717) is 18.2 Å². The minimum Gasteiger partial charge on any atom is -0.371 e. The first-order valence-electron chi connectivity index (χ1n) is 6.43. The van der Waals surface area contributed by atoms with E-state index in [1.54, 1.807) is 0 Å². The van der Waals surface area contributed by atoms with Gasteiger partial charge in [-0.25, -0.2) is 4.98 Å². The number of hydrogen-bond donors (Lipinski definition) is 1. The first-order chi connectivity index (χ1) is 8.76. The lowest BCUT2D eigenvalue weighted by molar-refractivity contribution is 0.0302. The molecule has 18 heavy (non-hydrogen) atoms. The van der Waals surface area contributed by atoms with Crippen molar-refractivity contribution in [3.05, 3.63) is 10.7 Å². The van der Waals surface area contributed by atoms with Gasteiger partial charge >= 0.3 is 0 Å². The van der Waals surface area contributed by atoms with Gasteiger partial charge in [0.2, 0.25) is 5.95 Å². The topological polar surface area (TPSA) is 50.3 Å². The molecule has 2 saturated heterocycles. The summed E-state index contributed by atoms with van der Waals surface area (Å²) in [5.41, 5.74) is 0. The van der Waals surface area contributed by atoms with Crippen LogP contribution in [0.15, 0.2) is 10.7 Å². The summed E-state index contributed by atoms with van der Waals surface area (Å²) in [6.07, 6.45) is 4.90. The number of ether oxygens (including phenoxy) is 1. The van der Waals surface area contributed by atoms with Crippen LogP contribution in [0, 0.1) is 0 Å². The Bertz CT molecular complexity index is 430. The Morgan fingerprint density at radius 3 is 2.83 bits per heavy atom. The van der Waals surface area contributed by atoms with Crippen molar-refractivity contribution >= 4 is 27.7 Å². The highest BCUT2D eigenvalue weighted by atomic mass is 79.9. The third-order valence-corrected chi connectivity index (χ3v) is 3.96. The lowest BCUT2D eigenvalue weighted by Crippen LogP contribution is -2.43. The first kappa shape index (κ1) is 12.2. The summed E-state index contributed by atoms with van der Waals surface area (Å²) in [6.45, 7) is 4.73. The van der Waals surface area contributed by atoms with Crippen molar-refractivity contribution in [2.45, 2.75) is 32.0 Å². The summed E-state index contributed by atoms with van der Waals surface area (Å²) in [5, 5.41) is 3.15. The second kappa shape index (κ2) is 5.01. The number of aromatic nitrogens is 2. The van der Waals surface area contributed by atoms with Crippen molar-refractivity contribution < 1.29 is 4.74 Å². The fourth-order valence-electron chi connectivity index (χ4n) is 2.61. The smallest absolute Gasteiger partial charge is 0.224 e. The van der Waals surface area contributed by atoms with Crippen LogP contribution < -0.4 is 10.2 Å². The Balaban J connectivity index is 1.84. The molecule has 0 radical (unpaired) electrons. The van der Waals surface area contributed by atoms with Gasteiger partial charge in [0.15, 0.2) is 0 Å². The summed E-state index contributed by atoms with van der Waals surface area (Å²) < 4.78 is 6.80. The predicted molar refractivity (Wildman–Crippen MR) is 74.0 cm³/mol. The fraction of sp³-hybridized carbons (Fsp3) is 0.667. The van der Waals surface area contributed by atoms with E-state index in [9.17, 15) is 0 Å². The van der Waals surface area contributed by atoms with E-state index in [1.807, 2.05) is 13.1 Å². The monoisotopic (exact) mass is 312 g/mol. The van der Waals surface area contributed by atoms with Gasteiger partial charge in [-0.3, -0.25) is 0 Å². The number of fused-ring (bicyclic) bond motifs is 2. The molecule has 3 heterocycles. The maximum absolute atomic E-state index is 5.85. The number of nitrogens with zero attached hydrogens (tertiary/aromatic N) is 3. The molecular formula is C12H17BrN4O. The first-order valence-corrected chi connectivity index (χ1v) is 7.22. The van der Waals surface area contributed by atoms with Gasteiger partial charge in [0.05, 0.1) is 16.7 Å². The summed E-state index contributed by atoms with van der Waals surface area (Å²) >= 11 is 3.54. The van der Waals surface area contributed by atoms with E-state index in [0.717, 1.165) is 29.9 Å². The van der Waals surface area contributed by atoms with Crippen LogP contribution in [0.2, 0.25) is 0 Å². The molecule has 2 bridgehead atoms. The van der Waals surface area contributed by atoms with Crippen molar-refractivity contribution in [1.82, 2.24) is 9.97 Å². The highest BCUT2D eigenvalue weighted by molar-refractivity contribution is 9.10. The normalized spacial score (nSPS) is 26.4. The molecule has 2 unspecified atom stereocenters. The molecule has 5 nitrogen and oxygen atoms in total. The third-order valence-electron chi connectivity index (χ3n) is 3.40. The standard InChI is InChI=1S/C12H17BrN4O/c1-2-14-12-15-5-10(13)11(16-12)17-6-8-3-4-9(7-17)18-8/h5,8-9H,2-4,6-7H2,1H3,(H,14,15,16). The van der Waals surface area contributed by atoms with Crippen molar-refractivity contribution in [2.75, 3.05) is 29.9 Å². The number of rotatable bonds is 3. The van der Waals surface area contributed by atoms with E-state index in [-0.39, 0.29) is 0 Å². The number of anilines is 2. The molecule has 2 atom stereocenters. The summed E-state index contributed by atoms with van der Waals surface area (Å²) in [4.78, 5) is 11.1. The van der Waals surface area contributed by atoms with Crippen LogP contribution in [0.4, 0.5) is 11.8 Å². The van der Waals surface area contributed by atoms with Gasteiger partial charge in [0.25, 0.3) is 0 Å². The predicted octanol–water partition coefficient (Wildman–Crippen LogP) is 2.04. The average Bonchev–Trinajstić information content (AvgIpc) is 2.71. The maximum atomic E-state index is 5.85. The van der Waals surface area contributed by atoms with Crippen molar-refractivity contribution in [3.63, 3.8) is 0 Å². The zero-order valence-corrected chi connectivity index (χ0v) is 12.0. The van der Waals surface area contributed by atoms with E-state index in [4.69, 9.17) is 4.74 Å². The molecule has 0 aliphatic carbocycles. The minimum absolute atomic E-state index is 0.369. The highest BCUT2D eigenvalue weighted by Crippen LogP contribution is 2.32. The van der Waals surface area contributed by atoms with Crippen LogP contribution >= 0.6 is 15.9 Å². The largest absolute Gasteiger partial charge is 0.371 e. The van der Waals surface area contributed by atoms with Crippen LogP contribution in [0.3, 0.4) is 0 Å². The SMILES string of the molecule is CCNc1ncc(Br)c(N2CC3CCC(C2)O3)n1. The van der Waals surface area contributed by atoms with E-state index in [2.05, 4.69) is 36.1 Å². The Labute approximate surface area is 115 Å². The summed E-state index contributed by atoms with van der Waals surface area (Å²) in [7, 11) is 0. The molecule has 2 aliphatic heterocycles. The second-order valence-corrected chi connectivity index (χ2v) is 5.61. The molecule has 6 heteroatoms. The molecule has 1 aromatic heterocycles. The van der Waals surface area contributed by atoms with Gasteiger partial charge in [-0.1, -0.05) is 0 Å². The van der Waals surface area contributed by atoms with Crippen LogP contribution in [-0.2, 0) is 4.74 Å².